The summed E-state index contributed by atoms with van der Waals surface area (Å²) in [5.41, 5.74) is 0.916. The third-order valence-corrected chi connectivity index (χ3v) is 2.17. The summed E-state index contributed by atoms with van der Waals surface area (Å²) < 4.78 is 0. The van der Waals surface area contributed by atoms with Gasteiger partial charge in [-0.1, -0.05) is 23.7 Å². The lowest BCUT2D eigenvalue weighted by Crippen LogP contribution is -2.11. The zero-order valence-electron chi connectivity index (χ0n) is 7.63. The van der Waals surface area contributed by atoms with Gasteiger partial charge in [0.15, 0.2) is 0 Å². The third-order valence-electron chi connectivity index (χ3n) is 1.92. The number of benzene rings is 1. The smallest absolute Gasteiger partial charge is 0.0802 e. The van der Waals surface area contributed by atoms with Gasteiger partial charge in [0.25, 0.3) is 0 Å². The summed E-state index contributed by atoms with van der Waals surface area (Å²) in [5.74, 6) is 0. The first-order valence-electron chi connectivity index (χ1n) is 4.32. The van der Waals surface area contributed by atoms with Gasteiger partial charge in [0.05, 0.1) is 6.10 Å². The fraction of sp³-hybridized carbons (Fsp3) is 0.400. The molecule has 72 valence electrons. The topological polar surface area (TPSA) is 32.3 Å². The molecule has 1 atom stereocenters. The van der Waals surface area contributed by atoms with Gasteiger partial charge in [0.2, 0.25) is 0 Å². The lowest BCUT2D eigenvalue weighted by atomic mass is 10.1. The van der Waals surface area contributed by atoms with E-state index in [2.05, 4.69) is 5.32 Å². The van der Waals surface area contributed by atoms with E-state index in [-0.39, 0.29) is 0 Å². The van der Waals surface area contributed by atoms with Gasteiger partial charge >= 0.3 is 0 Å². The van der Waals surface area contributed by atoms with E-state index < -0.39 is 6.10 Å². The minimum absolute atomic E-state index is 0.398. The molecule has 1 aromatic carbocycles. The summed E-state index contributed by atoms with van der Waals surface area (Å²) in [6.45, 7) is 0.809. The highest BCUT2D eigenvalue weighted by molar-refractivity contribution is 6.30. The van der Waals surface area contributed by atoms with Crippen LogP contribution in [0, 0.1) is 0 Å². The molecule has 0 amide bonds. The maximum atomic E-state index is 9.66. The van der Waals surface area contributed by atoms with Crippen LogP contribution in [0.15, 0.2) is 24.3 Å². The van der Waals surface area contributed by atoms with Crippen molar-refractivity contribution in [1.82, 2.24) is 5.32 Å². The molecule has 1 rings (SSSR count). The van der Waals surface area contributed by atoms with Gasteiger partial charge in [-0.25, -0.2) is 0 Å². The fourth-order valence-corrected chi connectivity index (χ4v) is 1.26. The molecule has 0 saturated heterocycles. The number of halogens is 1. The Kier molecular flexibility index (Phi) is 4.22. The molecule has 13 heavy (non-hydrogen) atoms. The maximum absolute atomic E-state index is 9.66. The van der Waals surface area contributed by atoms with Crippen LogP contribution in [0.5, 0.6) is 0 Å². The number of aliphatic hydroxyl groups is 1. The quantitative estimate of drug-likeness (QED) is 0.778. The molecular formula is C10H14ClNO. The third kappa shape index (κ3) is 3.35. The highest BCUT2D eigenvalue weighted by Crippen LogP contribution is 2.18. The lowest BCUT2D eigenvalue weighted by molar-refractivity contribution is 0.168. The second-order valence-corrected chi connectivity index (χ2v) is 3.40. The largest absolute Gasteiger partial charge is 0.388 e. The van der Waals surface area contributed by atoms with Crippen LogP contribution in [0.25, 0.3) is 0 Å². The number of hydrogen-bond donors (Lipinski definition) is 2. The van der Waals surface area contributed by atoms with Crippen LogP contribution in [0.4, 0.5) is 0 Å². The molecule has 1 aromatic rings. The standard InChI is InChI=1S/C10H14ClNO/c1-12-7-6-10(13)8-2-4-9(11)5-3-8/h2-5,10,12-13H,6-7H2,1H3. The van der Waals surface area contributed by atoms with E-state index in [1.54, 1.807) is 12.1 Å². The summed E-state index contributed by atoms with van der Waals surface area (Å²) in [7, 11) is 1.87. The molecule has 0 fully saturated rings. The van der Waals surface area contributed by atoms with Gasteiger partial charge in [-0.15, -0.1) is 0 Å². The number of rotatable bonds is 4. The van der Waals surface area contributed by atoms with Crippen molar-refractivity contribution in [1.29, 1.82) is 0 Å². The van der Waals surface area contributed by atoms with Gasteiger partial charge < -0.3 is 10.4 Å². The van der Waals surface area contributed by atoms with E-state index in [4.69, 9.17) is 11.6 Å². The normalized spacial score (nSPS) is 12.8. The average molecular weight is 200 g/mol. The minimum atomic E-state index is -0.398. The van der Waals surface area contributed by atoms with Crippen molar-refractivity contribution in [3.05, 3.63) is 34.9 Å². The summed E-state index contributed by atoms with van der Waals surface area (Å²) in [6, 6.07) is 7.28. The van der Waals surface area contributed by atoms with Crippen molar-refractivity contribution in [2.24, 2.45) is 0 Å². The van der Waals surface area contributed by atoms with Crippen molar-refractivity contribution >= 4 is 11.6 Å². The Labute approximate surface area is 83.5 Å². The second kappa shape index (κ2) is 5.22. The predicted molar refractivity (Wildman–Crippen MR) is 55.0 cm³/mol. The van der Waals surface area contributed by atoms with E-state index in [1.807, 2.05) is 19.2 Å². The first kappa shape index (κ1) is 10.5. The second-order valence-electron chi connectivity index (χ2n) is 2.96. The summed E-state index contributed by atoms with van der Waals surface area (Å²) in [5, 5.41) is 13.4. The molecule has 0 bridgehead atoms. The van der Waals surface area contributed by atoms with Gasteiger partial charge in [-0.2, -0.15) is 0 Å². The van der Waals surface area contributed by atoms with Crippen LogP contribution in [-0.2, 0) is 0 Å². The molecular weight excluding hydrogens is 186 g/mol. The van der Waals surface area contributed by atoms with Crippen molar-refractivity contribution in [3.8, 4) is 0 Å². The predicted octanol–water partition coefficient (Wildman–Crippen LogP) is 1.98. The molecule has 0 heterocycles. The molecule has 3 heteroatoms. The molecule has 0 saturated carbocycles. The van der Waals surface area contributed by atoms with Crippen molar-refractivity contribution in [3.63, 3.8) is 0 Å². The van der Waals surface area contributed by atoms with Crippen molar-refractivity contribution in [2.75, 3.05) is 13.6 Å². The summed E-state index contributed by atoms with van der Waals surface area (Å²) in [4.78, 5) is 0. The Balaban J connectivity index is 2.55. The number of aliphatic hydroxyl groups excluding tert-OH is 1. The molecule has 0 spiro atoms. The van der Waals surface area contributed by atoms with E-state index in [9.17, 15) is 5.11 Å². The highest BCUT2D eigenvalue weighted by atomic mass is 35.5. The van der Waals surface area contributed by atoms with Crippen molar-refractivity contribution in [2.45, 2.75) is 12.5 Å². The molecule has 1 unspecified atom stereocenters. The van der Waals surface area contributed by atoms with E-state index in [0.29, 0.717) is 5.02 Å². The van der Waals surface area contributed by atoms with E-state index in [1.165, 1.54) is 0 Å². The van der Waals surface area contributed by atoms with E-state index in [0.717, 1.165) is 18.5 Å². The molecule has 0 aromatic heterocycles. The van der Waals surface area contributed by atoms with E-state index >= 15 is 0 Å². The lowest BCUT2D eigenvalue weighted by Gasteiger charge is -2.10. The van der Waals surface area contributed by atoms with Crippen molar-refractivity contribution < 1.29 is 5.11 Å². The van der Waals surface area contributed by atoms with Crippen LogP contribution in [0.1, 0.15) is 18.1 Å². The molecule has 0 aliphatic rings. The van der Waals surface area contributed by atoms with Gasteiger partial charge in [-0.3, -0.25) is 0 Å². The first-order valence-corrected chi connectivity index (χ1v) is 4.70. The Bertz CT molecular complexity index is 248. The first-order chi connectivity index (χ1) is 6.24. The van der Waals surface area contributed by atoms with Crippen LogP contribution >= 0.6 is 11.6 Å². The molecule has 0 aliphatic carbocycles. The molecule has 2 N–H and O–H groups in total. The maximum Gasteiger partial charge on any atom is 0.0802 e. The molecule has 2 nitrogen and oxygen atoms in total. The SMILES string of the molecule is CNCCC(O)c1ccc(Cl)cc1. The Morgan fingerprint density at radius 3 is 2.54 bits per heavy atom. The van der Waals surface area contributed by atoms with Crippen LogP contribution in [-0.4, -0.2) is 18.7 Å². The van der Waals surface area contributed by atoms with Crippen LogP contribution in [0.3, 0.4) is 0 Å². The zero-order chi connectivity index (χ0) is 9.68. The zero-order valence-corrected chi connectivity index (χ0v) is 8.38. The van der Waals surface area contributed by atoms with Crippen LogP contribution in [0.2, 0.25) is 5.02 Å². The average Bonchev–Trinajstić information content (AvgIpc) is 2.15. The Morgan fingerprint density at radius 2 is 2.00 bits per heavy atom. The van der Waals surface area contributed by atoms with Gasteiger partial charge in [0.1, 0.15) is 0 Å². The molecule has 0 radical (unpaired) electrons. The number of nitrogens with one attached hydrogen (secondary N) is 1. The fourth-order valence-electron chi connectivity index (χ4n) is 1.13. The Morgan fingerprint density at radius 1 is 1.38 bits per heavy atom. The monoisotopic (exact) mass is 199 g/mol. The van der Waals surface area contributed by atoms with Gasteiger partial charge in [-0.05, 0) is 37.7 Å². The van der Waals surface area contributed by atoms with Gasteiger partial charge in [0, 0.05) is 5.02 Å². The number of hydrogen-bond acceptors (Lipinski definition) is 2. The minimum Gasteiger partial charge on any atom is -0.388 e. The van der Waals surface area contributed by atoms with Crippen LogP contribution < -0.4 is 5.32 Å². The summed E-state index contributed by atoms with van der Waals surface area (Å²) >= 11 is 5.73. The highest BCUT2D eigenvalue weighted by Gasteiger charge is 2.05. The molecule has 0 aliphatic heterocycles. The summed E-state index contributed by atoms with van der Waals surface area (Å²) in [6.07, 6.45) is 0.322. The Hall–Kier alpha value is -0.570.